The first kappa shape index (κ1) is 30.0. The molecule has 0 spiro atoms. The Balaban J connectivity index is 1.82. The number of hydrogen-bond acceptors (Lipinski definition) is 11. The highest BCUT2D eigenvalue weighted by molar-refractivity contribution is 7.80. The molecule has 12 nitrogen and oxygen atoms in total. The topological polar surface area (TPSA) is 142 Å². The zero-order chi connectivity index (χ0) is 27.8. The van der Waals surface area contributed by atoms with Gasteiger partial charge in [0.1, 0.15) is 12.7 Å². The predicted octanol–water partition coefficient (Wildman–Crippen LogP) is 0.941. The van der Waals surface area contributed by atoms with Crippen LogP contribution in [0.3, 0.4) is 0 Å². The molecule has 0 bridgehead atoms. The SMILES string of the molecule is CC(=O)OC[C@@H]1O[C@H](NC(=S)N[C@@H]2CCCC[C@H]2N2CCCC2)[C@@H](OC(C)=O)[C@H](OC(C)=O)[C@H]1OC(C)=O. The predicted molar refractivity (Wildman–Crippen MR) is 138 cm³/mol. The molecule has 2 N–H and O–H groups in total. The van der Waals surface area contributed by atoms with Gasteiger partial charge in [0.2, 0.25) is 0 Å². The molecule has 0 amide bonds. The van der Waals surface area contributed by atoms with Crippen molar-refractivity contribution in [3.8, 4) is 0 Å². The number of ether oxygens (including phenoxy) is 5. The van der Waals surface area contributed by atoms with E-state index in [2.05, 4.69) is 15.5 Å². The lowest BCUT2D eigenvalue weighted by molar-refractivity contribution is -0.255. The molecule has 214 valence electrons. The second-order valence-corrected chi connectivity index (χ2v) is 10.3. The molecule has 3 rings (SSSR count). The van der Waals surface area contributed by atoms with E-state index in [9.17, 15) is 19.2 Å². The summed E-state index contributed by atoms with van der Waals surface area (Å²) < 4.78 is 27.6. The fraction of sp³-hybridized carbons (Fsp3) is 0.800. The summed E-state index contributed by atoms with van der Waals surface area (Å²) in [6.45, 7) is 6.64. The average molecular weight is 558 g/mol. The lowest BCUT2D eigenvalue weighted by Gasteiger charge is -2.45. The van der Waals surface area contributed by atoms with Gasteiger partial charge in [-0.05, 0) is 51.0 Å². The fourth-order valence-electron chi connectivity index (χ4n) is 5.47. The first-order valence-corrected chi connectivity index (χ1v) is 13.6. The van der Waals surface area contributed by atoms with Crippen LogP contribution in [0.1, 0.15) is 66.2 Å². The van der Waals surface area contributed by atoms with Crippen LogP contribution in [0.4, 0.5) is 0 Å². The van der Waals surface area contributed by atoms with Gasteiger partial charge in [0.15, 0.2) is 29.7 Å². The maximum atomic E-state index is 12.0. The molecule has 3 aliphatic rings. The Morgan fingerprint density at radius 3 is 1.97 bits per heavy atom. The Hall–Kier alpha value is -2.51. The maximum absolute atomic E-state index is 12.0. The molecular weight excluding hydrogens is 518 g/mol. The molecule has 1 aliphatic carbocycles. The number of nitrogens with zero attached hydrogens (tertiary/aromatic N) is 1. The highest BCUT2D eigenvalue weighted by Crippen LogP contribution is 2.29. The van der Waals surface area contributed by atoms with Crippen molar-refractivity contribution in [1.82, 2.24) is 15.5 Å². The number of hydrogen-bond donors (Lipinski definition) is 2. The van der Waals surface area contributed by atoms with Gasteiger partial charge in [0.05, 0.1) is 0 Å². The summed E-state index contributed by atoms with van der Waals surface area (Å²) in [7, 11) is 0. The Morgan fingerprint density at radius 2 is 1.37 bits per heavy atom. The molecule has 0 unspecified atom stereocenters. The minimum absolute atomic E-state index is 0.132. The van der Waals surface area contributed by atoms with Crippen LogP contribution in [0.25, 0.3) is 0 Å². The molecule has 38 heavy (non-hydrogen) atoms. The molecule has 13 heteroatoms. The Morgan fingerprint density at radius 1 is 0.789 bits per heavy atom. The number of thiocarbonyl (C=S) groups is 1. The second kappa shape index (κ2) is 14.0. The van der Waals surface area contributed by atoms with Crippen LogP contribution in [-0.4, -0.2) is 96.3 Å². The first-order chi connectivity index (χ1) is 18.0. The van der Waals surface area contributed by atoms with Crippen LogP contribution >= 0.6 is 12.2 Å². The Bertz CT molecular complexity index is 882. The largest absolute Gasteiger partial charge is 0.463 e. The number of carbonyl (C=O) groups excluding carboxylic acids is 4. The van der Waals surface area contributed by atoms with Crippen LogP contribution in [-0.2, 0) is 42.9 Å². The number of rotatable bonds is 8. The highest BCUT2D eigenvalue weighted by atomic mass is 32.1. The van der Waals surface area contributed by atoms with Crippen LogP contribution in [0.5, 0.6) is 0 Å². The third kappa shape index (κ3) is 8.50. The maximum Gasteiger partial charge on any atom is 0.303 e. The summed E-state index contributed by atoms with van der Waals surface area (Å²) in [6, 6.07) is 0.494. The van der Waals surface area contributed by atoms with E-state index in [1.54, 1.807) is 0 Å². The van der Waals surface area contributed by atoms with Gasteiger partial charge in [0.25, 0.3) is 0 Å². The van der Waals surface area contributed by atoms with E-state index in [1.807, 2.05) is 0 Å². The van der Waals surface area contributed by atoms with E-state index in [4.69, 9.17) is 35.9 Å². The molecule has 0 aromatic carbocycles. The molecule has 7 atom stereocenters. The van der Waals surface area contributed by atoms with Crippen molar-refractivity contribution in [3.63, 3.8) is 0 Å². The average Bonchev–Trinajstić information content (AvgIpc) is 3.36. The smallest absolute Gasteiger partial charge is 0.303 e. The lowest BCUT2D eigenvalue weighted by atomic mass is 9.89. The number of likely N-dealkylation sites (tertiary alicyclic amines) is 1. The standard InChI is InChI=1S/C25H39N3O9S/c1-14(29)33-13-20-21(34-15(2)30)22(35-16(3)31)23(36-17(4)32)24(37-20)27-25(38)26-18-9-5-6-10-19(18)28-11-7-8-12-28/h18-24H,5-13H2,1-4H3,(H2,26,27,38)/t18-,19-,20+,21+,22-,23+,24+/m1/s1. The van der Waals surface area contributed by atoms with Crippen LogP contribution < -0.4 is 10.6 Å². The fourth-order valence-corrected chi connectivity index (χ4v) is 5.74. The van der Waals surface area contributed by atoms with Crippen LogP contribution in [0.15, 0.2) is 0 Å². The molecule has 0 aromatic heterocycles. The van der Waals surface area contributed by atoms with Gasteiger partial charge < -0.3 is 34.3 Å². The van der Waals surface area contributed by atoms with Crippen molar-refractivity contribution >= 4 is 41.2 Å². The molecule has 0 radical (unpaired) electrons. The van der Waals surface area contributed by atoms with E-state index in [-0.39, 0.29) is 17.8 Å². The number of nitrogens with one attached hydrogen (secondary N) is 2. The van der Waals surface area contributed by atoms with Crippen molar-refractivity contribution in [2.24, 2.45) is 0 Å². The minimum atomic E-state index is -1.25. The molecule has 1 saturated carbocycles. The van der Waals surface area contributed by atoms with E-state index in [1.165, 1.54) is 47.0 Å². The third-order valence-corrected chi connectivity index (χ3v) is 7.16. The summed E-state index contributed by atoms with van der Waals surface area (Å²) in [4.78, 5) is 50.0. The van der Waals surface area contributed by atoms with Crippen molar-refractivity contribution in [3.05, 3.63) is 0 Å². The van der Waals surface area contributed by atoms with Crippen molar-refractivity contribution in [2.45, 2.75) is 109 Å². The van der Waals surface area contributed by atoms with E-state index in [0.717, 1.165) is 32.4 Å². The highest BCUT2D eigenvalue weighted by Gasteiger charge is 2.52. The van der Waals surface area contributed by atoms with Gasteiger partial charge in [0, 0.05) is 39.8 Å². The quantitative estimate of drug-likeness (QED) is 0.249. The summed E-state index contributed by atoms with van der Waals surface area (Å²) in [5.41, 5.74) is 0. The molecule has 2 aliphatic heterocycles. The molecule has 2 heterocycles. The normalized spacial score (nSPS) is 31.5. The van der Waals surface area contributed by atoms with Gasteiger partial charge in [-0.1, -0.05) is 12.8 Å². The van der Waals surface area contributed by atoms with Crippen molar-refractivity contribution < 1.29 is 42.9 Å². The summed E-state index contributed by atoms with van der Waals surface area (Å²) >= 11 is 5.64. The zero-order valence-electron chi connectivity index (χ0n) is 22.4. The summed E-state index contributed by atoms with van der Waals surface area (Å²) in [5, 5.41) is 6.75. The van der Waals surface area contributed by atoms with Gasteiger partial charge >= 0.3 is 23.9 Å². The van der Waals surface area contributed by atoms with E-state index in [0.29, 0.717) is 6.04 Å². The van der Waals surface area contributed by atoms with E-state index >= 15 is 0 Å². The monoisotopic (exact) mass is 557 g/mol. The number of esters is 4. The summed E-state index contributed by atoms with van der Waals surface area (Å²) in [6.07, 6.45) is 0.877. The lowest BCUT2D eigenvalue weighted by Crippen LogP contribution is -2.67. The second-order valence-electron chi connectivity index (χ2n) is 9.94. The van der Waals surface area contributed by atoms with Crippen molar-refractivity contribution in [2.75, 3.05) is 19.7 Å². The van der Waals surface area contributed by atoms with Gasteiger partial charge in [-0.25, -0.2) is 0 Å². The van der Waals surface area contributed by atoms with Crippen LogP contribution in [0, 0.1) is 0 Å². The number of carbonyl (C=O) groups is 4. The van der Waals surface area contributed by atoms with Gasteiger partial charge in [-0.15, -0.1) is 0 Å². The Labute approximate surface area is 228 Å². The summed E-state index contributed by atoms with van der Waals surface area (Å²) in [5.74, 6) is -2.61. The molecular formula is C25H39N3O9S. The molecule has 3 fully saturated rings. The third-order valence-electron chi connectivity index (χ3n) is 6.92. The van der Waals surface area contributed by atoms with E-state index < -0.39 is 54.5 Å². The molecule has 0 aromatic rings. The van der Waals surface area contributed by atoms with Crippen molar-refractivity contribution in [1.29, 1.82) is 0 Å². The minimum Gasteiger partial charge on any atom is -0.463 e. The zero-order valence-corrected chi connectivity index (χ0v) is 23.3. The van der Waals surface area contributed by atoms with Gasteiger partial charge in [-0.3, -0.25) is 24.1 Å². The van der Waals surface area contributed by atoms with Crippen LogP contribution in [0.2, 0.25) is 0 Å². The van der Waals surface area contributed by atoms with Gasteiger partial charge in [-0.2, -0.15) is 0 Å². The first-order valence-electron chi connectivity index (χ1n) is 13.2. The molecule has 2 saturated heterocycles. The Kier molecular flexibility index (Phi) is 11.1.